The van der Waals surface area contributed by atoms with Crippen LogP contribution in [0, 0.1) is 5.92 Å². The van der Waals surface area contributed by atoms with Crippen LogP contribution >= 0.6 is 0 Å². The smallest absolute Gasteiger partial charge is 0.264 e. The van der Waals surface area contributed by atoms with E-state index >= 15 is 0 Å². The van der Waals surface area contributed by atoms with E-state index in [1.807, 2.05) is 12.1 Å². The summed E-state index contributed by atoms with van der Waals surface area (Å²) in [5.74, 6) is 0.696. The second-order valence-electron chi connectivity index (χ2n) is 7.55. The van der Waals surface area contributed by atoms with Crippen LogP contribution in [0.2, 0.25) is 0 Å². The number of para-hydroxylation sites is 2. The summed E-state index contributed by atoms with van der Waals surface area (Å²) >= 11 is 0. The minimum atomic E-state index is -0.746. The maximum atomic E-state index is 12.5. The van der Waals surface area contributed by atoms with Crippen LogP contribution in [0.5, 0.6) is 17.2 Å². The van der Waals surface area contributed by atoms with Crippen molar-refractivity contribution in [2.24, 2.45) is 5.92 Å². The Bertz CT molecular complexity index is 1010. The number of nitrogens with one attached hydrogen (secondary N) is 2. The molecule has 168 valence electrons. The normalized spacial score (nSPS) is 19.4. The molecule has 32 heavy (non-hydrogen) atoms. The molecular weight excluding hydrogens is 414 g/mol. The molecule has 0 aliphatic carbocycles. The van der Waals surface area contributed by atoms with Crippen molar-refractivity contribution in [2.45, 2.75) is 12.5 Å². The van der Waals surface area contributed by atoms with Gasteiger partial charge in [0.2, 0.25) is 17.9 Å². The summed E-state index contributed by atoms with van der Waals surface area (Å²) < 4.78 is 16.4. The average Bonchev–Trinajstić information content (AvgIpc) is 3.23. The number of ether oxygens (including phenoxy) is 3. The van der Waals surface area contributed by atoms with Gasteiger partial charge in [-0.05, 0) is 24.3 Å². The van der Waals surface area contributed by atoms with Crippen molar-refractivity contribution in [1.29, 1.82) is 0 Å². The Morgan fingerprint density at radius 3 is 2.59 bits per heavy atom. The fraction of sp³-hybridized carbons (Fsp3) is 0.348. The first-order valence-electron chi connectivity index (χ1n) is 10.4. The predicted molar refractivity (Wildman–Crippen MR) is 116 cm³/mol. The number of fused-ring (bicyclic) bond motifs is 1. The first-order chi connectivity index (χ1) is 15.5. The van der Waals surface area contributed by atoms with Crippen molar-refractivity contribution >= 4 is 23.4 Å². The molecule has 0 bridgehead atoms. The van der Waals surface area contributed by atoms with Gasteiger partial charge in [0.05, 0.1) is 13.0 Å². The number of benzene rings is 2. The molecule has 0 radical (unpaired) electrons. The average molecular weight is 439 g/mol. The molecule has 4 rings (SSSR count). The van der Waals surface area contributed by atoms with Crippen LogP contribution in [0.25, 0.3) is 0 Å². The van der Waals surface area contributed by atoms with Crippen molar-refractivity contribution in [3.63, 3.8) is 0 Å². The molecule has 2 aliphatic heterocycles. The lowest BCUT2D eigenvalue weighted by Gasteiger charge is -2.25. The summed E-state index contributed by atoms with van der Waals surface area (Å²) in [4.78, 5) is 38.8. The van der Waals surface area contributed by atoms with Gasteiger partial charge in [0.25, 0.3) is 5.91 Å². The molecule has 2 aromatic rings. The van der Waals surface area contributed by atoms with E-state index in [2.05, 4.69) is 10.6 Å². The Morgan fingerprint density at radius 2 is 1.81 bits per heavy atom. The van der Waals surface area contributed by atoms with E-state index in [9.17, 15) is 14.4 Å². The molecule has 2 N–H and O–H groups in total. The van der Waals surface area contributed by atoms with Crippen molar-refractivity contribution < 1.29 is 28.6 Å². The zero-order chi connectivity index (χ0) is 22.5. The molecule has 2 atom stereocenters. The van der Waals surface area contributed by atoms with Gasteiger partial charge in [0.15, 0.2) is 11.5 Å². The van der Waals surface area contributed by atoms with Crippen molar-refractivity contribution in [2.75, 3.05) is 38.3 Å². The first-order valence-corrected chi connectivity index (χ1v) is 10.4. The summed E-state index contributed by atoms with van der Waals surface area (Å²) in [5, 5.41) is 5.52. The second kappa shape index (κ2) is 9.59. The standard InChI is InChI=1S/C23H25N3O6/c1-30-17-6-4-5-16(12-17)26-13-15(11-21(26)27)22(28)24-9-10-25-23(29)20-14-31-18-7-2-3-8-19(18)32-20/h2-8,12,15,20H,9-11,13-14H2,1H3,(H,24,28)(H,25,29)/t15-,20-/m0/s1. The third-order valence-corrected chi connectivity index (χ3v) is 5.39. The Kier molecular flexibility index (Phi) is 6.44. The van der Waals surface area contributed by atoms with Gasteiger partial charge in [-0.3, -0.25) is 14.4 Å². The number of hydrogen-bond acceptors (Lipinski definition) is 6. The monoisotopic (exact) mass is 439 g/mol. The van der Waals surface area contributed by atoms with Gasteiger partial charge >= 0.3 is 0 Å². The van der Waals surface area contributed by atoms with Gasteiger partial charge < -0.3 is 29.7 Å². The van der Waals surface area contributed by atoms with Crippen LogP contribution in [0.15, 0.2) is 48.5 Å². The number of methoxy groups -OCH3 is 1. The quantitative estimate of drug-likeness (QED) is 0.627. The van der Waals surface area contributed by atoms with E-state index in [4.69, 9.17) is 14.2 Å². The largest absolute Gasteiger partial charge is 0.497 e. The molecule has 2 aliphatic rings. The molecule has 2 heterocycles. The van der Waals surface area contributed by atoms with Crippen LogP contribution in [0.1, 0.15) is 6.42 Å². The lowest BCUT2D eigenvalue weighted by molar-refractivity contribution is -0.130. The summed E-state index contributed by atoms with van der Waals surface area (Å²) in [6, 6.07) is 14.3. The molecule has 1 fully saturated rings. The van der Waals surface area contributed by atoms with E-state index < -0.39 is 12.0 Å². The fourth-order valence-corrected chi connectivity index (χ4v) is 3.69. The highest BCUT2D eigenvalue weighted by Crippen LogP contribution is 2.31. The third-order valence-electron chi connectivity index (χ3n) is 5.39. The number of anilines is 1. The van der Waals surface area contributed by atoms with E-state index in [0.29, 0.717) is 29.5 Å². The highest BCUT2D eigenvalue weighted by molar-refractivity contribution is 6.00. The predicted octanol–water partition coefficient (Wildman–Crippen LogP) is 1.12. The van der Waals surface area contributed by atoms with Crippen LogP contribution < -0.4 is 29.7 Å². The molecule has 1 saturated heterocycles. The highest BCUT2D eigenvalue weighted by atomic mass is 16.6. The number of carbonyl (C=O) groups excluding carboxylic acids is 3. The first kappa shape index (κ1) is 21.5. The van der Waals surface area contributed by atoms with Crippen LogP contribution in [-0.4, -0.2) is 57.2 Å². The molecule has 9 heteroatoms. The molecule has 2 aromatic carbocycles. The van der Waals surface area contributed by atoms with Gasteiger partial charge in [-0.25, -0.2) is 0 Å². The Morgan fingerprint density at radius 1 is 1.06 bits per heavy atom. The number of nitrogens with zero attached hydrogens (tertiary/aromatic N) is 1. The number of carbonyl (C=O) groups is 3. The number of rotatable bonds is 7. The van der Waals surface area contributed by atoms with Gasteiger partial charge in [0, 0.05) is 37.8 Å². The number of amides is 3. The number of hydrogen-bond donors (Lipinski definition) is 2. The summed E-state index contributed by atoms with van der Waals surface area (Å²) in [7, 11) is 1.56. The summed E-state index contributed by atoms with van der Waals surface area (Å²) in [6.45, 7) is 0.918. The molecule has 0 unspecified atom stereocenters. The maximum Gasteiger partial charge on any atom is 0.264 e. The van der Waals surface area contributed by atoms with Gasteiger partial charge in [0.1, 0.15) is 12.4 Å². The topological polar surface area (TPSA) is 106 Å². The summed E-state index contributed by atoms with van der Waals surface area (Å²) in [6.07, 6.45) is -0.605. The van der Waals surface area contributed by atoms with Gasteiger partial charge in [-0.15, -0.1) is 0 Å². The van der Waals surface area contributed by atoms with Crippen molar-refractivity contribution in [3.8, 4) is 17.2 Å². The molecule has 9 nitrogen and oxygen atoms in total. The zero-order valence-corrected chi connectivity index (χ0v) is 17.7. The molecule has 0 spiro atoms. The van der Waals surface area contributed by atoms with Gasteiger partial charge in [-0.1, -0.05) is 18.2 Å². The minimum Gasteiger partial charge on any atom is -0.497 e. The lowest BCUT2D eigenvalue weighted by atomic mass is 10.1. The van der Waals surface area contributed by atoms with Gasteiger partial charge in [-0.2, -0.15) is 0 Å². The second-order valence-corrected chi connectivity index (χ2v) is 7.55. The van der Waals surface area contributed by atoms with Crippen LogP contribution in [-0.2, 0) is 14.4 Å². The fourth-order valence-electron chi connectivity index (χ4n) is 3.69. The Labute approximate surface area is 185 Å². The van der Waals surface area contributed by atoms with E-state index in [1.54, 1.807) is 48.4 Å². The molecule has 3 amide bonds. The van der Waals surface area contributed by atoms with E-state index in [0.717, 1.165) is 0 Å². The SMILES string of the molecule is COc1cccc(N2C[C@@H](C(=O)NCCNC(=O)[C@@H]3COc4ccccc4O3)CC2=O)c1. The zero-order valence-electron chi connectivity index (χ0n) is 17.7. The molecule has 0 aromatic heterocycles. The lowest BCUT2D eigenvalue weighted by Crippen LogP contribution is -2.46. The van der Waals surface area contributed by atoms with Crippen molar-refractivity contribution in [1.82, 2.24) is 10.6 Å². The summed E-state index contributed by atoms with van der Waals surface area (Å²) in [5.41, 5.74) is 0.702. The highest BCUT2D eigenvalue weighted by Gasteiger charge is 2.35. The van der Waals surface area contributed by atoms with Crippen LogP contribution in [0.3, 0.4) is 0 Å². The Balaban J connectivity index is 1.21. The van der Waals surface area contributed by atoms with E-state index in [1.165, 1.54) is 0 Å². The Hall–Kier alpha value is -3.75. The molecular formula is C23H25N3O6. The van der Waals surface area contributed by atoms with E-state index in [-0.39, 0.29) is 43.8 Å². The maximum absolute atomic E-state index is 12.5. The minimum absolute atomic E-state index is 0.110. The molecule has 0 saturated carbocycles. The third kappa shape index (κ3) is 4.77. The van der Waals surface area contributed by atoms with Crippen molar-refractivity contribution in [3.05, 3.63) is 48.5 Å². The van der Waals surface area contributed by atoms with Crippen LogP contribution in [0.4, 0.5) is 5.69 Å².